The Morgan fingerprint density at radius 3 is 2.67 bits per heavy atom. The maximum Gasteiger partial charge on any atom is 0.222 e. The summed E-state index contributed by atoms with van der Waals surface area (Å²) in [6, 6.07) is 0. The predicted octanol–water partition coefficient (Wildman–Crippen LogP) is 2.25. The van der Waals surface area contributed by atoms with Crippen molar-refractivity contribution in [2.45, 2.75) is 44.6 Å². The molecule has 8 heteroatoms. The minimum absolute atomic E-state index is 0. The number of unbranched alkanes of at least 4 members (excludes halogenated alkanes) is 3. The van der Waals surface area contributed by atoms with Crippen LogP contribution >= 0.6 is 24.8 Å². The van der Waals surface area contributed by atoms with Crippen molar-refractivity contribution in [2.24, 2.45) is 12.8 Å². The quantitative estimate of drug-likeness (QED) is 0.736. The fourth-order valence-corrected chi connectivity index (χ4v) is 2.88. The van der Waals surface area contributed by atoms with Crippen LogP contribution in [0.5, 0.6) is 0 Å². The molecule has 0 bridgehead atoms. The van der Waals surface area contributed by atoms with Gasteiger partial charge >= 0.3 is 0 Å². The van der Waals surface area contributed by atoms with Gasteiger partial charge in [0.2, 0.25) is 5.91 Å². The van der Waals surface area contributed by atoms with E-state index < -0.39 is 5.60 Å². The SMILES string of the molecule is Cl.Cl.Cn1cc(C2(C)CN(C(=O)CCCCCCN)CCO2)cn1. The van der Waals surface area contributed by atoms with Gasteiger partial charge in [-0.2, -0.15) is 5.10 Å². The molecule has 1 amide bonds. The molecule has 1 aromatic rings. The fraction of sp³-hybridized carbons (Fsp3) is 0.750. The molecule has 0 radical (unpaired) electrons. The van der Waals surface area contributed by atoms with Crippen LogP contribution in [0.3, 0.4) is 0 Å². The summed E-state index contributed by atoms with van der Waals surface area (Å²) in [6.45, 7) is 4.62. The first kappa shape index (κ1) is 23.2. The van der Waals surface area contributed by atoms with E-state index in [1.54, 1.807) is 4.68 Å². The number of carbonyl (C=O) groups is 1. The lowest BCUT2D eigenvalue weighted by molar-refractivity contribution is -0.149. The van der Waals surface area contributed by atoms with Gasteiger partial charge in [0.15, 0.2) is 0 Å². The molecular formula is C16H30Cl2N4O2. The monoisotopic (exact) mass is 380 g/mol. The summed E-state index contributed by atoms with van der Waals surface area (Å²) in [5.41, 5.74) is 6.05. The van der Waals surface area contributed by atoms with E-state index in [9.17, 15) is 4.79 Å². The van der Waals surface area contributed by atoms with Crippen LogP contribution in [-0.4, -0.2) is 46.8 Å². The van der Waals surface area contributed by atoms with Gasteiger partial charge in [0.1, 0.15) is 5.60 Å². The van der Waals surface area contributed by atoms with Crippen LogP contribution in [0.2, 0.25) is 0 Å². The number of morpholine rings is 1. The van der Waals surface area contributed by atoms with E-state index in [0.717, 1.165) is 37.8 Å². The van der Waals surface area contributed by atoms with Crippen LogP contribution in [0.25, 0.3) is 0 Å². The van der Waals surface area contributed by atoms with Gasteiger partial charge in [-0.15, -0.1) is 24.8 Å². The van der Waals surface area contributed by atoms with E-state index in [2.05, 4.69) is 5.10 Å². The molecule has 2 heterocycles. The number of hydrogen-bond acceptors (Lipinski definition) is 4. The first-order valence-electron chi connectivity index (χ1n) is 8.16. The van der Waals surface area contributed by atoms with Crippen molar-refractivity contribution in [1.82, 2.24) is 14.7 Å². The molecular weight excluding hydrogens is 351 g/mol. The van der Waals surface area contributed by atoms with Crippen molar-refractivity contribution in [2.75, 3.05) is 26.2 Å². The first-order valence-corrected chi connectivity index (χ1v) is 8.16. The zero-order valence-corrected chi connectivity index (χ0v) is 16.2. The van der Waals surface area contributed by atoms with Crippen molar-refractivity contribution < 1.29 is 9.53 Å². The van der Waals surface area contributed by atoms with Crippen molar-refractivity contribution in [3.05, 3.63) is 18.0 Å². The van der Waals surface area contributed by atoms with Gasteiger partial charge in [0.05, 0.1) is 19.3 Å². The molecule has 1 aliphatic heterocycles. The number of halogens is 2. The second-order valence-corrected chi connectivity index (χ2v) is 6.25. The molecule has 0 spiro atoms. The highest BCUT2D eigenvalue weighted by Gasteiger charge is 2.36. The number of rotatable bonds is 7. The summed E-state index contributed by atoms with van der Waals surface area (Å²) < 4.78 is 7.71. The third kappa shape index (κ3) is 6.24. The number of nitrogens with two attached hydrogens (primary N) is 1. The highest BCUT2D eigenvalue weighted by molar-refractivity contribution is 5.85. The smallest absolute Gasteiger partial charge is 0.222 e. The number of carbonyl (C=O) groups excluding carboxylic acids is 1. The lowest BCUT2D eigenvalue weighted by Gasteiger charge is -2.40. The summed E-state index contributed by atoms with van der Waals surface area (Å²) in [4.78, 5) is 14.3. The second kappa shape index (κ2) is 10.9. The van der Waals surface area contributed by atoms with E-state index in [1.807, 2.05) is 31.3 Å². The normalized spacial score (nSPS) is 20.2. The Kier molecular flexibility index (Phi) is 10.6. The van der Waals surface area contributed by atoms with Crippen LogP contribution in [0, 0.1) is 0 Å². The molecule has 6 nitrogen and oxygen atoms in total. The molecule has 2 rings (SSSR count). The summed E-state index contributed by atoms with van der Waals surface area (Å²) in [6.07, 6.45) is 8.58. The first-order chi connectivity index (χ1) is 10.5. The Bertz CT molecular complexity index is 498. The molecule has 1 atom stereocenters. The zero-order valence-electron chi connectivity index (χ0n) is 14.6. The van der Waals surface area contributed by atoms with Crippen molar-refractivity contribution in [1.29, 1.82) is 0 Å². The Hall–Kier alpha value is -0.820. The van der Waals surface area contributed by atoms with Gasteiger partial charge in [-0.3, -0.25) is 9.48 Å². The van der Waals surface area contributed by atoms with Gasteiger partial charge in [-0.1, -0.05) is 12.8 Å². The Morgan fingerprint density at radius 1 is 1.33 bits per heavy atom. The molecule has 2 N–H and O–H groups in total. The minimum atomic E-state index is -0.457. The average molecular weight is 381 g/mol. The summed E-state index contributed by atoms with van der Waals surface area (Å²) in [5, 5.41) is 4.21. The molecule has 1 aliphatic rings. The molecule has 140 valence electrons. The molecule has 0 saturated carbocycles. The second-order valence-electron chi connectivity index (χ2n) is 6.25. The summed E-state index contributed by atoms with van der Waals surface area (Å²) in [7, 11) is 1.89. The number of hydrogen-bond donors (Lipinski definition) is 1. The van der Waals surface area contributed by atoms with Gasteiger partial charge in [0.25, 0.3) is 0 Å². The lowest BCUT2D eigenvalue weighted by Crippen LogP contribution is -2.50. The number of ether oxygens (including phenoxy) is 1. The van der Waals surface area contributed by atoms with Crippen molar-refractivity contribution in [3.63, 3.8) is 0 Å². The third-order valence-electron chi connectivity index (χ3n) is 4.29. The Labute approximate surface area is 156 Å². The highest BCUT2D eigenvalue weighted by atomic mass is 35.5. The van der Waals surface area contributed by atoms with Crippen LogP contribution in [-0.2, 0) is 22.2 Å². The summed E-state index contributed by atoms with van der Waals surface area (Å²) in [5.74, 6) is 0.228. The largest absolute Gasteiger partial charge is 0.367 e. The molecule has 1 saturated heterocycles. The number of nitrogens with zero attached hydrogens (tertiary/aromatic N) is 3. The van der Waals surface area contributed by atoms with E-state index in [4.69, 9.17) is 10.5 Å². The predicted molar refractivity (Wildman–Crippen MR) is 99.7 cm³/mol. The van der Waals surface area contributed by atoms with Gasteiger partial charge in [-0.05, 0) is 26.3 Å². The van der Waals surface area contributed by atoms with Gasteiger partial charge < -0.3 is 15.4 Å². The highest BCUT2D eigenvalue weighted by Crippen LogP contribution is 2.29. The minimum Gasteiger partial charge on any atom is -0.367 e. The van der Waals surface area contributed by atoms with Crippen molar-refractivity contribution in [3.8, 4) is 0 Å². The van der Waals surface area contributed by atoms with Crippen LogP contribution < -0.4 is 5.73 Å². The standard InChI is InChI=1S/C16H28N4O2.2ClH/c1-16(14-11-18-19(2)12-14)13-20(9-10-22-16)15(21)7-5-3-4-6-8-17;;/h11-12H,3-10,13,17H2,1-2H3;2*1H. The summed E-state index contributed by atoms with van der Waals surface area (Å²) >= 11 is 0. The molecule has 0 aromatic carbocycles. The van der Waals surface area contributed by atoms with Crippen LogP contribution in [0.4, 0.5) is 0 Å². The Balaban J connectivity index is 0.00000264. The number of aryl methyl sites for hydroxylation is 1. The zero-order chi connectivity index (χ0) is 16.0. The van der Waals surface area contributed by atoms with Crippen molar-refractivity contribution >= 4 is 30.7 Å². The average Bonchev–Trinajstić information content (AvgIpc) is 2.94. The number of aromatic nitrogens is 2. The lowest BCUT2D eigenvalue weighted by atomic mass is 9.96. The van der Waals surface area contributed by atoms with E-state index >= 15 is 0 Å². The third-order valence-corrected chi connectivity index (χ3v) is 4.29. The van der Waals surface area contributed by atoms with E-state index in [-0.39, 0.29) is 30.7 Å². The maximum absolute atomic E-state index is 12.4. The molecule has 1 unspecified atom stereocenters. The van der Waals surface area contributed by atoms with Gasteiger partial charge in [-0.25, -0.2) is 0 Å². The fourth-order valence-electron chi connectivity index (χ4n) is 2.88. The van der Waals surface area contributed by atoms with E-state index in [1.165, 1.54) is 0 Å². The molecule has 1 aromatic heterocycles. The topological polar surface area (TPSA) is 73.4 Å². The van der Waals surface area contributed by atoms with Gasteiger partial charge in [0, 0.05) is 31.8 Å². The van der Waals surface area contributed by atoms with Crippen LogP contribution in [0.15, 0.2) is 12.4 Å². The maximum atomic E-state index is 12.4. The van der Waals surface area contributed by atoms with E-state index in [0.29, 0.717) is 26.1 Å². The Morgan fingerprint density at radius 2 is 2.04 bits per heavy atom. The molecule has 0 aliphatic carbocycles. The molecule has 24 heavy (non-hydrogen) atoms. The molecule has 1 fully saturated rings. The van der Waals surface area contributed by atoms with Crippen LogP contribution in [0.1, 0.15) is 44.6 Å². The number of amides is 1.